The summed E-state index contributed by atoms with van der Waals surface area (Å²) in [5, 5.41) is 39.2. The van der Waals surface area contributed by atoms with Gasteiger partial charge in [0.05, 0.1) is 41.3 Å². The molecule has 5 aromatic carbocycles. The Kier molecular flexibility index (Phi) is 9.70. The van der Waals surface area contributed by atoms with E-state index in [1.165, 1.54) is 12.0 Å². The molecule has 9 rings (SSSR count). The van der Waals surface area contributed by atoms with Crippen molar-refractivity contribution in [3.8, 4) is 0 Å². The molecule has 0 aliphatic carbocycles. The number of carbonyl (C=O) groups excluding carboxylic acids is 3. The van der Waals surface area contributed by atoms with Gasteiger partial charge in [-0.1, -0.05) is 78.9 Å². The number of aromatic amines is 2. The maximum absolute atomic E-state index is 13.6. The average Bonchev–Trinajstić information content (AvgIpc) is 4.00. The SMILES string of the molecule is COC(CCOC(=O)Nc1nc2cc(C3(O)c4ccccc4C(=O)N3Cc3ccccc3)ccc2[nH]1)CN(C(=O)O)c1nc2cc(C3(O)NC(=O)c4ccccc43)ccc2[nH]1. The molecule has 2 aliphatic rings. The summed E-state index contributed by atoms with van der Waals surface area (Å²) >= 11 is 0. The van der Waals surface area contributed by atoms with E-state index in [1.807, 2.05) is 30.3 Å². The zero-order valence-corrected chi connectivity index (χ0v) is 32.5. The number of carbonyl (C=O) groups is 4. The van der Waals surface area contributed by atoms with E-state index in [0.717, 1.165) is 10.5 Å². The van der Waals surface area contributed by atoms with Crippen LogP contribution in [0, 0.1) is 0 Å². The lowest BCUT2D eigenvalue weighted by atomic mass is 9.93. The van der Waals surface area contributed by atoms with E-state index in [1.54, 1.807) is 84.9 Å². The highest BCUT2D eigenvalue weighted by atomic mass is 16.6. The molecule has 0 saturated carbocycles. The molecule has 3 atom stereocenters. The molecule has 0 radical (unpaired) electrons. The van der Waals surface area contributed by atoms with Crippen LogP contribution in [0.15, 0.2) is 115 Å². The lowest BCUT2D eigenvalue weighted by Crippen LogP contribution is -2.44. The van der Waals surface area contributed by atoms with Gasteiger partial charge in [0.1, 0.15) is 0 Å². The fraction of sp³-hybridized carbons (Fsp3) is 0.182. The minimum atomic E-state index is -1.80. The van der Waals surface area contributed by atoms with Crippen LogP contribution < -0.4 is 15.5 Å². The number of fused-ring (bicyclic) bond motifs is 4. The zero-order chi connectivity index (χ0) is 42.5. The fourth-order valence-electron chi connectivity index (χ4n) is 7.98. The molecule has 2 aromatic heterocycles. The second-order valence-corrected chi connectivity index (χ2v) is 14.7. The molecule has 7 N–H and O–H groups in total. The number of amides is 4. The third-order valence-corrected chi connectivity index (χ3v) is 11.1. The Morgan fingerprint density at radius 3 is 2.23 bits per heavy atom. The predicted molar refractivity (Wildman–Crippen MR) is 221 cm³/mol. The first kappa shape index (κ1) is 38.9. The minimum Gasteiger partial charge on any atom is -0.465 e. The summed E-state index contributed by atoms with van der Waals surface area (Å²) in [7, 11) is 1.41. The van der Waals surface area contributed by atoms with Gasteiger partial charge in [-0.05, 0) is 42.0 Å². The molecule has 0 bridgehead atoms. The number of benzene rings is 5. The number of nitrogens with zero attached hydrogens (tertiary/aromatic N) is 4. The highest BCUT2D eigenvalue weighted by molar-refractivity contribution is 6.01. The van der Waals surface area contributed by atoms with Crippen molar-refractivity contribution in [1.29, 1.82) is 0 Å². The molecule has 7 aromatic rings. The van der Waals surface area contributed by atoms with Gasteiger partial charge in [0, 0.05) is 53.5 Å². The highest BCUT2D eigenvalue weighted by Gasteiger charge is 2.50. The van der Waals surface area contributed by atoms with Crippen molar-refractivity contribution in [2.45, 2.75) is 30.5 Å². The van der Waals surface area contributed by atoms with Crippen molar-refractivity contribution < 1.29 is 44.0 Å². The van der Waals surface area contributed by atoms with Crippen LogP contribution in [0.2, 0.25) is 0 Å². The maximum atomic E-state index is 13.6. The van der Waals surface area contributed by atoms with Gasteiger partial charge in [0.2, 0.25) is 11.9 Å². The van der Waals surface area contributed by atoms with Crippen molar-refractivity contribution >= 4 is 58.0 Å². The summed E-state index contributed by atoms with van der Waals surface area (Å²) in [5.41, 5.74) is 1.39. The number of H-pyrrole nitrogens is 2. The monoisotopic (exact) mass is 822 g/mol. The Labute approximate surface area is 346 Å². The van der Waals surface area contributed by atoms with Gasteiger partial charge in [-0.3, -0.25) is 19.8 Å². The number of hydrogen-bond acceptors (Lipinski definition) is 10. The van der Waals surface area contributed by atoms with E-state index >= 15 is 0 Å². The molecule has 0 saturated heterocycles. The van der Waals surface area contributed by atoms with E-state index in [-0.39, 0.29) is 43.9 Å². The Balaban J connectivity index is 0.849. The molecule has 61 heavy (non-hydrogen) atoms. The number of hydrogen-bond donors (Lipinski definition) is 7. The van der Waals surface area contributed by atoms with Crippen molar-refractivity contribution in [2.24, 2.45) is 0 Å². The Hall–Kier alpha value is -7.60. The molecular formula is C44H38N8O9. The second kappa shape index (κ2) is 15.2. The average molecular weight is 823 g/mol. The first-order valence-corrected chi connectivity index (χ1v) is 19.3. The van der Waals surface area contributed by atoms with Gasteiger partial charge in [-0.15, -0.1) is 0 Å². The second-order valence-electron chi connectivity index (χ2n) is 14.7. The van der Waals surface area contributed by atoms with Gasteiger partial charge < -0.3 is 40.1 Å². The van der Waals surface area contributed by atoms with Gasteiger partial charge in [-0.2, -0.15) is 0 Å². The largest absolute Gasteiger partial charge is 0.465 e. The standard InChI is InChI=1S/C44H38N8O9/c1-60-28(24-51(42(56)57)40-47-34-17-15-26(21-36(34)48-40)43(58)31-13-7-5-11-29(31)37(53)50-43)19-20-61-41(55)49-39-45-33-18-16-27(22-35(33)46-39)44(59)32-14-8-6-12-30(32)38(54)52(44)23-25-9-3-2-4-10-25/h2-18,21-22,28,58-59H,19-20,23-24H2,1H3,(H,47,48)(H,50,53)(H,56,57)(H2,45,46,49,55). The predicted octanol–water partition coefficient (Wildman–Crippen LogP) is 5.36. The molecule has 2 aliphatic heterocycles. The number of ether oxygens (including phenoxy) is 2. The topological polar surface area (TPSA) is 235 Å². The molecule has 4 heterocycles. The summed E-state index contributed by atoms with van der Waals surface area (Å²) in [4.78, 5) is 68.9. The van der Waals surface area contributed by atoms with E-state index in [0.29, 0.717) is 55.4 Å². The molecule has 17 heteroatoms. The summed E-state index contributed by atoms with van der Waals surface area (Å²) < 4.78 is 10.9. The molecule has 308 valence electrons. The summed E-state index contributed by atoms with van der Waals surface area (Å²) in [6, 6.07) is 32.9. The minimum absolute atomic E-state index is 0.00369. The number of imidazole rings is 2. The number of aliphatic hydroxyl groups is 2. The summed E-state index contributed by atoms with van der Waals surface area (Å²) in [5.74, 6) is -0.660. The Morgan fingerprint density at radius 1 is 0.820 bits per heavy atom. The van der Waals surface area contributed by atoms with Gasteiger partial charge in [0.15, 0.2) is 11.4 Å². The summed E-state index contributed by atoms with van der Waals surface area (Å²) in [6.45, 7) is -0.158. The van der Waals surface area contributed by atoms with Crippen LogP contribution in [-0.2, 0) is 27.5 Å². The number of nitrogens with one attached hydrogen (secondary N) is 4. The first-order valence-electron chi connectivity index (χ1n) is 19.3. The number of methoxy groups -OCH3 is 1. The summed E-state index contributed by atoms with van der Waals surface area (Å²) in [6.07, 6.45) is -2.75. The van der Waals surface area contributed by atoms with Crippen molar-refractivity contribution in [1.82, 2.24) is 30.2 Å². The maximum Gasteiger partial charge on any atom is 0.414 e. The van der Waals surface area contributed by atoms with Crippen LogP contribution in [0.5, 0.6) is 0 Å². The van der Waals surface area contributed by atoms with Crippen LogP contribution in [-0.4, -0.2) is 90.5 Å². The molecule has 0 fully saturated rings. The molecule has 17 nitrogen and oxygen atoms in total. The van der Waals surface area contributed by atoms with E-state index < -0.39 is 35.6 Å². The number of rotatable bonds is 12. The molecule has 4 amide bonds. The van der Waals surface area contributed by atoms with E-state index in [9.17, 15) is 34.5 Å². The van der Waals surface area contributed by atoms with Crippen molar-refractivity contribution in [3.05, 3.63) is 154 Å². The first-order chi connectivity index (χ1) is 29.5. The lowest BCUT2D eigenvalue weighted by Gasteiger charge is -2.35. The van der Waals surface area contributed by atoms with Crippen molar-refractivity contribution in [3.63, 3.8) is 0 Å². The highest BCUT2D eigenvalue weighted by Crippen LogP contribution is 2.44. The lowest BCUT2D eigenvalue weighted by molar-refractivity contribution is -0.0542. The third kappa shape index (κ3) is 6.85. The van der Waals surface area contributed by atoms with Gasteiger partial charge >= 0.3 is 12.2 Å². The third-order valence-electron chi connectivity index (χ3n) is 11.1. The fourth-order valence-corrected chi connectivity index (χ4v) is 7.98. The van der Waals surface area contributed by atoms with E-state index in [4.69, 9.17) is 9.47 Å². The van der Waals surface area contributed by atoms with Crippen molar-refractivity contribution in [2.75, 3.05) is 30.5 Å². The van der Waals surface area contributed by atoms with Gasteiger partial charge in [-0.25, -0.2) is 24.5 Å². The van der Waals surface area contributed by atoms with E-state index in [2.05, 4.69) is 30.6 Å². The normalized spacial score (nSPS) is 18.5. The molecular weight excluding hydrogens is 785 g/mol. The smallest absolute Gasteiger partial charge is 0.414 e. The Morgan fingerprint density at radius 2 is 1.48 bits per heavy atom. The molecule has 0 spiro atoms. The quantitative estimate of drug-likeness (QED) is 0.0828. The number of aromatic nitrogens is 4. The number of anilines is 2. The van der Waals surface area contributed by atoms with Crippen LogP contribution in [0.4, 0.5) is 21.5 Å². The number of carboxylic acid groups (broad SMARTS) is 1. The van der Waals surface area contributed by atoms with Crippen LogP contribution in [0.25, 0.3) is 22.1 Å². The van der Waals surface area contributed by atoms with Crippen LogP contribution >= 0.6 is 0 Å². The van der Waals surface area contributed by atoms with Gasteiger partial charge in [0.25, 0.3) is 11.8 Å². The van der Waals surface area contributed by atoms with Crippen LogP contribution in [0.1, 0.15) is 55.0 Å². The Bertz CT molecular complexity index is 2860. The molecule has 3 unspecified atom stereocenters. The zero-order valence-electron chi connectivity index (χ0n) is 32.5. The van der Waals surface area contributed by atoms with Crippen LogP contribution in [0.3, 0.4) is 0 Å².